The highest BCUT2D eigenvalue weighted by atomic mass is 35.5. The van der Waals surface area contributed by atoms with Crippen molar-refractivity contribution in [2.45, 2.75) is 39.3 Å². The summed E-state index contributed by atoms with van der Waals surface area (Å²) in [7, 11) is 2.12. The second-order valence-electron chi connectivity index (χ2n) is 5.89. The van der Waals surface area contributed by atoms with Crippen LogP contribution in [-0.2, 0) is 6.54 Å². The number of hydrogen-bond donors (Lipinski definition) is 1. The van der Waals surface area contributed by atoms with Crippen molar-refractivity contribution in [1.29, 1.82) is 0 Å². The Morgan fingerprint density at radius 2 is 2.25 bits per heavy atom. The quantitative estimate of drug-likeness (QED) is 0.837. The Hall–Kier alpha value is -1.07. The molecule has 0 amide bonds. The first-order valence-corrected chi connectivity index (χ1v) is 7.56. The molecule has 5 nitrogen and oxygen atoms in total. The first kappa shape index (κ1) is 15.3. The monoisotopic (exact) mass is 298 g/mol. The Kier molecular flexibility index (Phi) is 5.05. The summed E-state index contributed by atoms with van der Waals surface area (Å²) in [6.07, 6.45) is 4.23. The van der Waals surface area contributed by atoms with Gasteiger partial charge in [0.15, 0.2) is 0 Å². The molecule has 0 bridgehead atoms. The summed E-state index contributed by atoms with van der Waals surface area (Å²) < 4.78 is 1.43. The summed E-state index contributed by atoms with van der Waals surface area (Å²) >= 11 is 6.12. The van der Waals surface area contributed by atoms with Gasteiger partial charge in [0, 0.05) is 25.7 Å². The molecular formula is C14H23ClN4O. The van der Waals surface area contributed by atoms with Crippen LogP contribution in [-0.4, -0.2) is 40.9 Å². The predicted octanol–water partition coefficient (Wildman–Crippen LogP) is 2.06. The lowest BCUT2D eigenvalue weighted by Gasteiger charge is -2.17. The third-order valence-corrected chi connectivity index (χ3v) is 3.84. The van der Waals surface area contributed by atoms with E-state index in [0.717, 1.165) is 19.1 Å². The summed E-state index contributed by atoms with van der Waals surface area (Å²) in [6.45, 7) is 6.38. The second-order valence-corrected chi connectivity index (χ2v) is 6.27. The van der Waals surface area contributed by atoms with Gasteiger partial charge in [0.2, 0.25) is 0 Å². The molecule has 1 fully saturated rings. The van der Waals surface area contributed by atoms with E-state index in [0.29, 0.717) is 18.2 Å². The second kappa shape index (κ2) is 6.59. The van der Waals surface area contributed by atoms with Gasteiger partial charge in [-0.15, -0.1) is 0 Å². The molecule has 1 aromatic rings. The maximum Gasteiger partial charge on any atom is 0.287 e. The summed E-state index contributed by atoms with van der Waals surface area (Å²) in [5, 5.41) is 7.60. The van der Waals surface area contributed by atoms with E-state index in [2.05, 4.69) is 22.4 Å². The van der Waals surface area contributed by atoms with E-state index in [4.69, 9.17) is 11.6 Å². The van der Waals surface area contributed by atoms with Crippen molar-refractivity contribution < 1.29 is 0 Å². The lowest BCUT2D eigenvalue weighted by Crippen LogP contribution is -2.29. The minimum Gasteiger partial charge on any atom is -0.381 e. The number of hydrogen-bond acceptors (Lipinski definition) is 4. The van der Waals surface area contributed by atoms with Crippen LogP contribution in [0.4, 0.5) is 5.69 Å². The van der Waals surface area contributed by atoms with Crippen molar-refractivity contribution in [2.24, 2.45) is 5.92 Å². The summed E-state index contributed by atoms with van der Waals surface area (Å²) in [5.74, 6) is 0.363. The lowest BCUT2D eigenvalue weighted by atomic mass is 10.2. The number of halogens is 1. The molecule has 0 spiro atoms. The molecule has 0 atom stereocenters. The highest BCUT2D eigenvalue weighted by Crippen LogP contribution is 2.24. The number of nitrogens with zero attached hydrogens (tertiary/aromatic N) is 3. The molecule has 2 rings (SSSR count). The molecule has 1 aliphatic carbocycles. The Bertz CT molecular complexity index is 510. The normalized spacial score (nSPS) is 15.1. The SMILES string of the molecule is CC(C)Cn1ncc(NCCN(C)C2CC2)c(Cl)c1=O. The molecule has 6 heteroatoms. The van der Waals surface area contributed by atoms with Crippen LogP contribution >= 0.6 is 11.6 Å². The van der Waals surface area contributed by atoms with Crippen LogP contribution < -0.4 is 10.9 Å². The van der Waals surface area contributed by atoms with E-state index in [1.54, 1.807) is 6.20 Å². The molecule has 1 aromatic heterocycles. The molecule has 1 saturated carbocycles. The highest BCUT2D eigenvalue weighted by molar-refractivity contribution is 6.32. The third-order valence-electron chi connectivity index (χ3n) is 3.47. The lowest BCUT2D eigenvalue weighted by molar-refractivity contribution is 0.337. The van der Waals surface area contributed by atoms with Gasteiger partial charge in [-0.25, -0.2) is 4.68 Å². The standard InChI is InChI=1S/C14H23ClN4O/c1-10(2)9-19-14(20)13(15)12(8-17-19)16-6-7-18(3)11-4-5-11/h8,10-11,16H,4-7,9H2,1-3H3. The van der Waals surface area contributed by atoms with Gasteiger partial charge >= 0.3 is 0 Å². The maximum absolute atomic E-state index is 12.1. The molecule has 1 N–H and O–H groups in total. The van der Waals surface area contributed by atoms with Crippen LogP contribution in [0.25, 0.3) is 0 Å². The fourth-order valence-corrected chi connectivity index (χ4v) is 2.34. The average molecular weight is 299 g/mol. The number of rotatable bonds is 7. The summed E-state index contributed by atoms with van der Waals surface area (Å²) in [4.78, 5) is 14.4. The van der Waals surface area contributed by atoms with Gasteiger partial charge in [-0.3, -0.25) is 4.79 Å². The van der Waals surface area contributed by atoms with E-state index < -0.39 is 0 Å². The van der Waals surface area contributed by atoms with E-state index >= 15 is 0 Å². The zero-order chi connectivity index (χ0) is 14.7. The van der Waals surface area contributed by atoms with Crippen molar-refractivity contribution >= 4 is 17.3 Å². The van der Waals surface area contributed by atoms with Crippen LogP contribution in [0.2, 0.25) is 5.02 Å². The van der Waals surface area contributed by atoms with Crippen LogP contribution in [0.15, 0.2) is 11.0 Å². The Morgan fingerprint density at radius 3 is 2.85 bits per heavy atom. The van der Waals surface area contributed by atoms with Crippen molar-refractivity contribution in [3.05, 3.63) is 21.6 Å². The van der Waals surface area contributed by atoms with E-state index in [1.807, 2.05) is 13.8 Å². The van der Waals surface area contributed by atoms with E-state index in [1.165, 1.54) is 17.5 Å². The highest BCUT2D eigenvalue weighted by Gasteiger charge is 2.25. The third kappa shape index (κ3) is 3.96. The Morgan fingerprint density at radius 1 is 1.55 bits per heavy atom. The van der Waals surface area contributed by atoms with Gasteiger partial charge in [0.05, 0.1) is 11.9 Å². The zero-order valence-corrected chi connectivity index (χ0v) is 13.2. The molecule has 0 saturated heterocycles. The fourth-order valence-electron chi connectivity index (χ4n) is 2.13. The van der Waals surface area contributed by atoms with Crippen LogP contribution in [0, 0.1) is 5.92 Å². The minimum absolute atomic E-state index is 0.221. The first-order valence-electron chi connectivity index (χ1n) is 7.18. The number of likely N-dealkylation sites (N-methyl/N-ethyl adjacent to an activating group) is 1. The molecule has 20 heavy (non-hydrogen) atoms. The van der Waals surface area contributed by atoms with Crippen molar-refractivity contribution in [1.82, 2.24) is 14.7 Å². The van der Waals surface area contributed by atoms with Crippen LogP contribution in [0.5, 0.6) is 0 Å². The first-order chi connectivity index (χ1) is 9.49. The number of nitrogens with one attached hydrogen (secondary N) is 1. The molecule has 0 unspecified atom stereocenters. The van der Waals surface area contributed by atoms with Crippen molar-refractivity contribution in [3.8, 4) is 0 Å². The van der Waals surface area contributed by atoms with Gasteiger partial charge in [0.25, 0.3) is 5.56 Å². The average Bonchev–Trinajstić information content (AvgIpc) is 3.21. The molecule has 1 aliphatic rings. The smallest absolute Gasteiger partial charge is 0.287 e. The van der Waals surface area contributed by atoms with Crippen molar-refractivity contribution in [3.63, 3.8) is 0 Å². The molecular weight excluding hydrogens is 276 g/mol. The molecule has 1 heterocycles. The maximum atomic E-state index is 12.1. The minimum atomic E-state index is -0.221. The van der Waals surface area contributed by atoms with Gasteiger partial charge in [-0.1, -0.05) is 25.4 Å². The van der Waals surface area contributed by atoms with E-state index in [-0.39, 0.29) is 10.6 Å². The topological polar surface area (TPSA) is 50.2 Å². The molecule has 112 valence electrons. The van der Waals surface area contributed by atoms with Gasteiger partial charge in [-0.2, -0.15) is 5.10 Å². The zero-order valence-electron chi connectivity index (χ0n) is 12.4. The van der Waals surface area contributed by atoms with Gasteiger partial charge < -0.3 is 10.2 Å². The molecule has 0 aromatic carbocycles. The van der Waals surface area contributed by atoms with Crippen molar-refractivity contribution in [2.75, 3.05) is 25.5 Å². The van der Waals surface area contributed by atoms with Gasteiger partial charge in [-0.05, 0) is 25.8 Å². The number of anilines is 1. The Labute approximate surface area is 124 Å². The Balaban J connectivity index is 1.94. The number of aromatic nitrogens is 2. The molecule has 0 radical (unpaired) electrons. The van der Waals surface area contributed by atoms with E-state index in [9.17, 15) is 4.79 Å². The fraction of sp³-hybridized carbons (Fsp3) is 0.714. The predicted molar refractivity (Wildman–Crippen MR) is 82.5 cm³/mol. The summed E-state index contributed by atoms with van der Waals surface area (Å²) in [5.41, 5.74) is 0.404. The largest absolute Gasteiger partial charge is 0.381 e. The van der Waals surface area contributed by atoms with Gasteiger partial charge in [0.1, 0.15) is 5.02 Å². The molecule has 0 aliphatic heterocycles. The van der Waals surface area contributed by atoms with Crippen LogP contribution in [0.3, 0.4) is 0 Å². The van der Waals surface area contributed by atoms with Crippen LogP contribution in [0.1, 0.15) is 26.7 Å². The summed E-state index contributed by atoms with van der Waals surface area (Å²) in [6, 6.07) is 0.740.